The van der Waals surface area contributed by atoms with Crippen molar-refractivity contribution >= 4 is 0 Å². The molecule has 0 radical (unpaired) electrons. The number of aromatic hydroxyl groups is 1. The zero-order valence-corrected chi connectivity index (χ0v) is 17.2. The molecule has 1 aliphatic rings. The van der Waals surface area contributed by atoms with E-state index in [9.17, 15) is 9.90 Å². The van der Waals surface area contributed by atoms with Gasteiger partial charge in [-0.05, 0) is 11.1 Å². The molecule has 2 unspecified atom stereocenters. The van der Waals surface area contributed by atoms with Crippen LogP contribution in [0.3, 0.4) is 0 Å². The molecule has 3 aromatic rings. The number of hydrogen-bond donors (Lipinski definition) is 1. The first-order valence-electron chi connectivity index (χ1n) is 9.89. The van der Waals surface area contributed by atoms with Gasteiger partial charge in [0.05, 0.1) is 12.2 Å². The lowest BCUT2D eigenvalue weighted by Gasteiger charge is -2.33. The van der Waals surface area contributed by atoms with Crippen molar-refractivity contribution in [1.82, 2.24) is 14.8 Å². The predicted molar refractivity (Wildman–Crippen MR) is 117 cm³/mol. The van der Waals surface area contributed by atoms with Crippen LogP contribution in [0.5, 0.6) is 5.75 Å². The van der Waals surface area contributed by atoms with E-state index < -0.39 is 5.43 Å². The fourth-order valence-corrected chi connectivity index (χ4v) is 3.81. The zero-order valence-electron chi connectivity index (χ0n) is 17.2. The van der Waals surface area contributed by atoms with Crippen LogP contribution >= 0.6 is 0 Å². The van der Waals surface area contributed by atoms with Gasteiger partial charge >= 0.3 is 0 Å². The number of oxazole rings is 1. The quantitative estimate of drug-likeness (QED) is 0.618. The van der Waals surface area contributed by atoms with Crippen molar-refractivity contribution < 1.29 is 9.52 Å². The highest BCUT2D eigenvalue weighted by Gasteiger charge is 2.37. The van der Waals surface area contributed by atoms with Gasteiger partial charge in [-0.1, -0.05) is 75.6 Å². The Hall–Kier alpha value is -3.67. The standard InChI is InChI=1S/C22H19N3O3.C2H6/c1-3-8-14(4-2)19(15-9-6-5-7-10-15)16-11-18-20(23-13-28-18)21-22(27)17(26)12-24-25(16)21;1-2/h3-10,12-13,16,19,27H,1-2,11H2;1-2H3/b14-8+;. The minimum Gasteiger partial charge on any atom is -0.503 e. The van der Waals surface area contributed by atoms with E-state index in [1.54, 1.807) is 16.8 Å². The Morgan fingerprint density at radius 2 is 2.03 bits per heavy atom. The third-order valence-electron chi connectivity index (χ3n) is 5.01. The van der Waals surface area contributed by atoms with Crippen molar-refractivity contribution in [1.29, 1.82) is 0 Å². The second kappa shape index (κ2) is 9.22. The van der Waals surface area contributed by atoms with Crippen LogP contribution in [0.4, 0.5) is 0 Å². The van der Waals surface area contributed by atoms with E-state index >= 15 is 0 Å². The van der Waals surface area contributed by atoms with Crippen LogP contribution in [0.2, 0.25) is 0 Å². The van der Waals surface area contributed by atoms with Crippen LogP contribution in [0, 0.1) is 0 Å². The molecule has 0 fully saturated rings. The van der Waals surface area contributed by atoms with Gasteiger partial charge in [0.1, 0.15) is 17.1 Å². The third-order valence-corrected chi connectivity index (χ3v) is 5.01. The predicted octanol–water partition coefficient (Wildman–Crippen LogP) is 4.81. The first kappa shape index (κ1) is 21.0. The molecule has 0 amide bonds. The molecule has 154 valence electrons. The first-order chi connectivity index (χ1) is 14.7. The Kier molecular flexibility index (Phi) is 6.47. The monoisotopic (exact) mass is 403 g/mol. The van der Waals surface area contributed by atoms with Gasteiger partial charge in [-0.15, -0.1) is 0 Å². The maximum atomic E-state index is 12.0. The van der Waals surface area contributed by atoms with Gasteiger partial charge in [-0.2, -0.15) is 5.10 Å². The normalized spacial score (nSPS) is 15.8. The molecular weight excluding hydrogens is 378 g/mol. The smallest absolute Gasteiger partial charge is 0.242 e. The minimum atomic E-state index is -0.553. The molecular formula is C24H25N3O3. The number of benzene rings is 1. The van der Waals surface area contributed by atoms with E-state index in [1.165, 1.54) is 6.39 Å². The van der Waals surface area contributed by atoms with E-state index in [4.69, 9.17) is 4.42 Å². The van der Waals surface area contributed by atoms with E-state index in [1.807, 2.05) is 50.3 Å². The lowest BCUT2D eigenvalue weighted by atomic mass is 9.81. The Morgan fingerprint density at radius 1 is 1.30 bits per heavy atom. The average Bonchev–Trinajstić information content (AvgIpc) is 3.26. The topological polar surface area (TPSA) is 81.2 Å². The molecule has 6 nitrogen and oxygen atoms in total. The van der Waals surface area contributed by atoms with Gasteiger partial charge in [-0.25, -0.2) is 4.98 Å². The molecule has 30 heavy (non-hydrogen) atoms. The molecule has 6 heteroatoms. The van der Waals surface area contributed by atoms with Gasteiger partial charge in [0.2, 0.25) is 5.43 Å². The molecule has 0 saturated heterocycles. The van der Waals surface area contributed by atoms with Crippen LogP contribution in [0.25, 0.3) is 11.4 Å². The SMILES string of the molecule is C=C/C=C(\C=C)C(c1ccccc1)C1Cc2ocnc2-c2c(O)c(=O)cnn21.CC. The number of rotatable bonds is 5. The fraction of sp³-hybridized carbons (Fsp3) is 0.208. The lowest BCUT2D eigenvalue weighted by Crippen LogP contribution is -2.29. The summed E-state index contributed by atoms with van der Waals surface area (Å²) in [6.07, 6.45) is 8.36. The van der Waals surface area contributed by atoms with Gasteiger partial charge in [-0.3, -0.25) is 9.48 Å². The number of fused-ring (bicyclic) bond motifs is 3. The zero-order chi connectivity index (χ0) is 21.7. The summed E-state index contributed by atoms with van der Waals surface area (Å²) in [5.41, 5.74) is 2.16. The van der Waals surface area contributed by atoms with Crippen LogP contribution < -0.4 is 5.43 Å². The molecule has 1 N–H and O–H groups in total. The Bertz CT molecular complexity index is 1130. The van der Waals surface area contributed by atoms with E-state index in [2.05, 4.69) is 23.2 Å². The van der Waals surface area contributed by atoms with Gasteiger partial charge in [0.25, 0.3) is 0 Å². The van der Waals surface area contributed by atoms with Crippen molar-refractivity contribution in [2.75, 3.05) is 0 Å². The highest BCUT2D eigenvalue weighted by molar-refractivity contribution is 5.65. The molecule has 0 spiro atoms. The molecule has 4 rings (SSSR count). The van der Waals surface area contributed by atoms with Crippen molar-refractivity contribution in [3.63, 3.8) is 0 Å². The third kappa shape index (κ3) is 3.64. The molecule has 0 aliphatic carbocycles. The summed E-state index contributed by atoms with van der Waals surface area (Å²) >= 11 is 0. The van der Waals surface area contributed by atoms with Crippen molar-refractivity contribution in [2.24, 2.45) is 0 Å². The molecule has 3 heterocycles. The van der Waals surface area contributed by atoms with Gasteiger partial charge in [0.15, 0.2) is 12.1 Å². The number of aromatic nitrogens is 3. The molecule has 1 aliphatic heterocycles. The lowest BCUT2D eigenvalue weighted by molar-refractivity contribution is 0.350. The van der Waals surface area contributed by atoms with E-state index in [0.29, 0.717) is 17.9 Å². The van der Waals surface area contributed by atoms with Gasteiger partial charge < -0.3 is 9.52 Å². The van der Waals surface area contributed by atoms with Gasteiger partial charge in [0, 0.05) is 12.3 Å². The maximum absolute atomic E-state index is 12.0. The number of nitrogens with zero attached hydrogens (tertiary/aromatic N) is 3. The molecule has 2 atom stereocenters. The molecule has 0 saturated carbocycles. The van der Waals surface area contributed by atoms with Crippen molar-refractivity contribution in [2.45, 2.75) is 32.2 Å². The first-order valence-corrected chi connectivity index (χ1v) is 9.89. The second-order valence-electron chi connectivity index (χ2n) is 6.54. The number of hydrogen-bond acceptors (Lipinski definition) is 5. The Morgan fingerprint density at radius 3 is 2.70 bits per heavy atom. The average molecular weight is 403 g/mol. The van der Waals surface area contributed by atoms with Crippen molar-refractivity contribution in [3.8, 4) is 17.1 Å². The van der Waals surface area contributed by atoms with E-state index in [-0.39, 0.29) is 23.4 Å². The van der Waals surface area contributed by atoms with Crippen LogP contribution in [0.15, 0.2) is 89.1 Å². The second-order valence-corrected chi connectivity index (χ2v) is 6.54. The number of allylic oxidation sites excluding steroid dienone is 4. The molecule has 2 aromatic heterocycles. The Labute approximate surface area is 175 Å². The van der Waals surface area contributed by atoms with Crippen LogP contribution in [-0.2, 0) is 6.42 Å². The van der Waals surface area contributed by atoms with Crippen LogP contribution in [0.1, 0.15) is 37.1 Å². The van der Waals surface area contributed by atoms with E-state index in [0.717, 1.165) is 17.3 Å². The summed E-state index contributed by atoms with van der Waals surface area (Å²) in [7, 11) is 0. The summed E-state index contributed by atoms with van der Waals surface area (Å²) in [6.45, 7) is 11.8. The summed E-state index contributed by atoms with van der Waals surface area (Å²) < 4.78 is 7.23. The molecule has 0 bridgehead atoms. The highest BCUT2D eigenvalue weighted by Crippen LogP contribution is 2.45. The summed E-state index contributed by atoms with van der Waals surface area (Å²) in [5.74, 6) is 0.0771. The molecule has 1 aromatic carbocycles. The largest absolute Gasteiger partial charge is 0.503 e. The Balaban J connectivity index is 0.00000124. The fourth-order valence-electron chi connectivity index (χ4n) is 3.81. The summed E-state index contributed by atoms with van der Waals surface area (Å²) in [6, 6.07) is 9.70. The van der Waals surface area contributed by atoms with Crippen molar-refractivity contribution in [3.05, 3.63) is 101 Å². The van der Waals surface area contributed by atoms with Crippen LogP contribution in [-0.4, -0.2) is 19.9 Å². The minimum absolute atomic E-state index is 0.150. The highest BCUT2D eigenvalue weighted by atomic mass is 16.3. The summed E-state index contributed by atoms with van der Waals surface area (Å²) in [5, 5.41) is 14.8. The maximum Gasteiger partial charge on any atom is 0.242 e. The summed E-state index contributed by atoms with van der Waals surface area (Å²) in [4.78, 5) is 16.2.